The molecule has 0 fully saturated rings. The highest BCUT2D eigenvalue weighted by atomic mass is 16.5. The van der Waals surface area contributed by atoms with Crippen molar-refractivity contribution in [2.45, 2.75) is 13.2 Å². The van der Waals surface area contributed by atoms with Gasteiger partial charge in [-0.25, -0.2) is 0 Å². The van der Waals surface area contributed by atoms with Gasteiger partial charge >= 0.3 is 0 Å². The Morgan fingerprint density at radius 2 is 2.00 bits per heavy atom. The monoisotopic (exact) mass is 282 g/mol. The molecule has 2 aromatic carbocycles. The van der Waals surface area contributed by atoms with E-state index in [2.05, 4.69) is 11.4 Å². The van der Waals surface area contributed by atoms with Gasteiger partial charge in [0.05, 0.1) is 18.7 Å². The normalized spacial score (nSPS) is 9.95. The van der Waals surface area contributed by atoms with E-state index in [1.165, 1.54) is 0 Å². The highest BCUT2D eigenvalue weighted by molar-refractivity contribution is 5.46. The summed E-state index contributed by atoms with van der Waals surface area (Å²) in [6, 6.07) is 15.3. The summed E-state index contributed by atoms with van der Waals surface area (Å²) in [4.78, 5) is 0. The maximum Gasteiger partial charge on any atom is 0.166 e. The minimum atomic E-state index is 0.395. The Morgan fingerprint density at radius 3 is 2.71 bits per heavy atom. The minimum absolute atomic E-state index is 0.395. The van der Waals surface area contributed by atoms with E-state index in [9.17, 15) is 0 Å². The predicted molar refractivity (Wildman–Crippen MR) is 81.2 cm³/mol. The lowest BCUT2D eigenvalue weighted by molar-refractivity contribution is 0.281. The van der Waals surface area contributed by atoms with Gasteiger partial charge in [0.25, 0.3) is 0 Å². The fourth-order valence-corrected chi connectivity index (χ4v) is 2.10. The molecule has 0 saturated heterocycles. The van der Waals surface area contributed by atoms with E-state index in [1.807, 2.05) is 43.4 Å². The second kappa shape index (κ2) is 7.32. The number of nitrogens with zero attached hydrogens (tertiary/aromatic N) is 1. The number of benzene rings is 2. The number of hydrogen-bond acceptors (Lipinski definition) is 4. The van der Waals surface area contributed by atoms with Crippen LogP contribution in [-0.2, 0) is 13.2 Å². The Bertz CT molecular complexity index is 647. The van der Waals surface area contributed by atoms with Gasteiger partial charge < -0.3 is 14.8 Å². The lowest BCUT2D eigenvalue weighted by Crippen LogP contribution is -2.08. The standard InChI is InChI=1S/C17H18N2O2/c1-19-11-15-7-4-8-16(20-2)17(15)21-12-14-6-3-5-13(9-14)10-18/h3-9,19H,11-12H2,1-2H3. The van der Waals surface area contributed by atoms with E-state index >= 15 is 0 Å². The molecule has 0 saturated carbocycles. The summed E-state index contributed by atoms with van der Waals surface area (Å²) in [5.74, 6) is 1.44. The number of nitrogens with one attached hydrogen (secondary N) is 1. The molecule has 0 aromatic heterocycles. The van der Waals surface area contributed by atoms with Crippen LogP contribution in [0.15, 0.2) is 42.5 Å². The van der Waals surface area contributed by atoms with Crippen molar-refractivity contribution >= 4 is 0 Å². The fourth-order valence-electron chi connectivity index (χ4n) is 2.10. The highest BCUT2D eigenvalue weighted by Gasteiger charge is 2.10. The Hall–Kier alpha value is -2.51. The van der Waals surface area contributed by atoms with Gasteiger partial charge in [0.15, 0.2) is 11.5 Å². The highest BCUT2D eigenvalue weighted by Crippen LogP contribution is 2.31. The van der Waals surface area contributed by atoms with Crippen molar-refractivity contribution in [1.29, 1.82) is 5.26 Å². The van der Waals surface area contributed by atoms with E-state index in [-0.39, 0.29) is 0 Å². The molecule has 0 aliphatic heterocycles. The van der Waals surface area contributed by atoms with Crippen molar-refractivity contribution in [1.82, 2.24) is 5.32 Å². The van der Waals surface area contributed by atoms with Crippen molar-refractivity contribution in [3.63, 3.8) is 0 Å². The molecule has 0 atom stereocenters. The van der Waals surface area contributed by atoms with Crippen LogP contribution in [0.2, 0.25) is 0 Å². The molecule has 0 amide bonds. The molecule has 0 unspecified atom stereocenters. The van der Waals surface area contributed by atoms with Crippen LogP contribution in [0.4, 0.5) is 0 Å². The first-order chi connectivity index (χ1) is 10.3. The van der Waals surface area contributed by atoms with Crippen molar-refractivity contribution in [3.8, 4) is 17.6 Å². The Labute approximate surface area is 124 Å². The van der Waals surface area contributed by atoms with Gasteiger partial charge in [-0.05, 0) is 30.8 Å². The van der Waals surface area contributed by atoms with E-state index in [4.69, 9.17) is 14.7 Å². The number of rotatable bonds is 6. The molecular formula is C17H18N2O2. The predicted octanol–water partition coefficient (Wildman–Crippen LogP) is 2.87. The lowest BCUT2D eigenvalue weighted by Gasteiger charge is -2.15. The molecule has 0 aliphatic rings. The Kier molecular flexibility index (Phi) is 5.19. The summed E-state index contributed by atoms with van der Waals surface area (Å²) < 4.78 is 11.3. The average molecular weight is 282 g/mol. The van der Waals surface area contributed by atoms with Crippen LogP contribution >= 0.6 is 0 Å². The van der Waals surface area contributed by atoms with Crippen molar-refractivity contribution in [2.75, 3.05) is 14.2 Å². The largest absolute Gasteiger partial charge is 0.493 e. The average Bonchev–Trinajstić information content (AvgIpc) is 2.54. The van der Waals surface area contributed by atoms with Crippen LogP contribution in [0.5, 0.6) is 11.5 Å². The van der Waals surface area contributed by atoms with Crippen LogP contribution in [0, 0.1) is 11.3 Å². The zero-order chi connectivity index (χ0) is 15.1. The van der Waals surface area contributed by atoms with Crippen LogP contribution < -0.4 is 14.8 Å². The smallest absolute Gasteiger partial charge is 0.166 e. The minimum Gasteiger partial charge on any atom is -0.493 e. The third kappa shape index (κ3) is 3.74. The van der Waals surface area contributed by atoms with E-state index < -0.39 is 0 Å². The van der Waals surface area contributed by atoms with Crippen LogP contribution in [0.3, 0.4) is 0 Å². The first-order valence-electron chi connectivity index (χ1n) is 6.70. The van der Waals surface area contributed by atoms with Gasteiger partial charge in [-0.3, -0.25) is 0 Å². The summed E-state index contributed by atoms with van der Waals surface area (Å²) in [5.41, 5.74) is 2.62. The van der Waals surface area contributed by atoms with Crippen LogP contribution in [0.25, 0.3) is 0 Å². The first-order valence-corrected chi connectivity index (χ1v) is 6.70. The van der Waals surface area contributed by atoms with Gasteiger partial charge in [-0.1, -0.05) is 24.3 Å². The molecule has 108 valence electrons. The number of ether oxygens (including phenoxy) is 2. The summed E-state index contributed by atoms with van der Waals surface area (Å²) in [5, 5.41) is 12.0. The Balaban J connectivity index is 2.20. The molecule has 0 spiro atoms. The van der Waals surface area contributed by atoms with Crippen molar-refractivity contribution < 1.29 is 9.47 Å². The van der Waals surface area contributed by atoms with Gasteiger partial charge in [-0.2, -0.15) is 5.26 Å². The van der Waals surface area contributed by atoms with Crippen molar-refractivity contribution in [2.24, 2.45) is 0 Å². The number of nitriles is 1. The summed E-state index contributed by atoms with van der Waals surface area (Å²) in [7, 11) is 3.52. The van der Waals surface area contributed by atoms with Gasteiger partial charge in [0.1, 0.15) is 6.61 Å². The molecule has 1 N–H and O–H groups in total. The lowest BCUT2D eigenvalue weighted by atomic mass is 10.1. The first kappa shape index (κ1) is 14.9. The Morgan fingerprint density at radius 1 is 1.19 bits per heavy atom. The molecular weight excluding hydrogens is 264 g/mol. The molecule has 4 nitrogen and oxygen atoms in total. The maximum absolute atomic E-state index is 8.92. The second-order valence-electron chi connectivity index (χ2n) is 4.58. The molecule has 0 radical (unpaired) electrons. The molecule has 2 rings (SSSR count). The maximum atomic E-state index is 8.92. The van der Waals surface area contributed by atoms with E-state index in [1.54, 1.807) is 13.2 Å². The van der Waals surface area contributed by atoms with Crippen LogP contribution in [0.1, 0.15) is 16.7 Å². The fraction of sp³-hybridized carbons (Fsp3) is 0.235. The van der Waals surface area contributed by atoms with E-state index in [0.29, 0.717) is 24.5 Å². The third-order valence-corrected chi connectivity index (χ3v) is 3.09. The third-order valence-electron chi connectivity index (χ3n) is 3.09. The van der Waals surface area contributed by atoms with Gasteiger partial charge in [0.2, 0.25) is 0 Å². The quantitative estimate of drug-likeness (QED) is 0.885. The zero-order valence-corrected chi connectivity index (χ0v) is 12.2. The number of methoxy groups -OCH3 is 1. The molecule has 0 bridgehead atoms. The number of hydrogen-bond donors (Lipinski definition) is 1. The van der Waals surface area contributed by atoms with Gasteiger partial charge in [-0.15, -0.1) is 0 Å². The van der Waals surface area contributed by atoms with Crippen molar-refractivity contribution in [3.05, 3.63) is 59.2 Å². The molecule has 0 aliphatic carbocycles. The molecule has 2 aromatic rings. The molecule has 0 heterocycles. The topological polar surface area (TPSA) is 54.3 Å². The molecule has 21 heavy (non-hydrogen) atoms. The second-order valence-corrected chi connectivity index (χ2v) is 4.58. The van der Waals surface area contributed by atoms with Gasteiger partial charge in [0, 0.05) is 12.1 Å². The SMILES string of the molecule is CNCc1cccc(OC)c1OCc1cccc(C#N)c1. The summed E-state index contributed by atoms with van der Waals surface area (Å²) in [6.45, 7) is 1.09. The summed E-state index contributed by atoms with van der Waals surface area (Å²) >= 11 is 0. The number of para-hydroxylation sites is 1. The summed E-state index contributed by atoms with van der Waals surface area (Å²) in [6.07, 6.45) is 0. The van der Waals surface area contributed by atoms with E-state index in [0.717, 1.165) is 16.9 Å². The zero-order valence-electron chi connectivity index (χ0n) is 12.2. The molecule has 4 heteroatoms. The van der Waals surface area contributed by atoms with Crippen LogP contribution in [-0.4, -0.2) is 14.2 Å².